The van der Waals surface area contributed by atoms with E-state index in [2.05, 4.69) is 10.0 Å². The van der Waals surface area contributed by atoms with Gasteiger partial charge in [0.05, 0.1) is 0 Å². The number of sulfonamides is 1. The van der Waals surface area contributed by atoms with Gasteiger partial charge in [0.15, 0.2) is 0 Å². The van der Waals surface area contributed by atoms with Crippen molar-refractivity contribution in [2.75, 3.05) is 0 Å². The van der Waals surface area contributed by atoms with Crippen molar-refractivity contribution in [1.82, 2.24) is 10.0 Å². The maximum Gasteiger partial charge on any atom is 0.243 e. The SMILES string of the molecule is Cc1cc(S(=O)(=O)NCc2ccc3c(c2)CNC3)c(F)cc1F.Cl. The summed E-state index contributed by atoms with van der Waals surface area (Å²) >= 11 is 0. The predicted molar refractivity (Wildman–Crippen MR) is 89.4 cm³/mol. The van der Waals surface area contributed by atoms with Gasteiger partial charge in [-0.15, -0.1) is 12.4 Å². The number of rotatable bonds is 4. The molecule has 0 saturated carbocycles. The number of benzene rings is 2. The highest BCUT2D eigenvalue weighted by Crippen LogP contribution is 2.20. The highest BCUT2D eigenvalue weighted by molar-refractivity contribution is 7.89. The van der Waals surface area contributed by atoms with Crippen LogP contribution >= 0.6 is 12.4 Å². The van der Waals surface area contributed by atoms with Gasteiger partial charge >= 0.3 is 0 Å². The molecule has 24 heavy (non-hydrogen) atoms. The molecule has 0 spiro atoms. The Morgan fingerprint density at radius 1 is 1.08 bits per heavy atom. The van der Waals surface area contributed by atoms with Crippen molar-refractivity contribution in [3.8, 4) is 0 Å². The monoisotopic (exact) mass is 374 g/mol. The molecule has 130 valence electrons. The van der Waals surface area contributed by atoms with Crippen molar-refractivity contribution in [2.45, 2.75) is 31.5 Å². The van der Waals surface area contributed by atoms with E-state index in [1.807, 2.05) is 18.2 Å². The zero-order chi connectivity index (χ0) is 16.6. The standard InChI is InChI=1S/C16H16F2N2O2S.ClH/c1-10-4-16(15(18)6-14(10)17)23(21,22)20-7-11-2-3-12-8-19-9-13(12)5-11;/h2-6,19-20H,7-9H2,1H3;1H. The highest BCUT2D eigenvalue weighted by Gasteiger charge is 2.21. The normalized spacial score (nSPS) is 13.5. The molecule has 0 amide bonds. The average molecular weight is 375 g/mol. The summed E-state index contributed by atoms with van der Waals surface area (Å²) in [5, 5.41) is 3.21. The highest BCUT2D eigenvalue weighted by atomic mass is 35.5. The lowest BCUT2D eigenvalue weighted by Gasteiger charge is -2.10. The van der Waals surface area contributed by atoms with Crippen LogP contribution in [0.25, 0.3) is 0 Å². The Labute approximate surface area is 145 Å². The molecule has 0 bridgehead atoms. The van der Waals surface area contributed by atoms with Crippen molar-refractivity contribution in [2.24, 2.45) is 0 Å². The van der Waals surface area contributed by atoms with E-state index in [0.717, 1.165) is 30.3 Å². The second kappa shape index (κ2) is 7.14. The third-order valence-corrected chi connectivity index (χ3v) is 5.29. The van der Waals surface area contributed by atoms with Crippen molar-refractivity contribution in [1.29, 1.82) is 0 Å². The molecule has 4 nitrogen and oxygen atoms in total. The Morgan fingerprint density at radius 2 is 1.79 bits per heavy atom. The molecular weight excluding hydrogens is 358 g/mol. The number of nitrogens with one attached hydrogen (secondary N) is 2. The Kier molecular flexibility index (Phi) is 5.59. The molecule has 1 aliphatic rings. The fourth-order valence-corrected chi connectivity index (χ4v) is 3.71. The van der Waals surface area contributed by atoms with Crippen molar-refractivity contribution >= 4 is 22.4 Å². The van der Waals surface area contributed by atoms with Gasteiger partial charge in [-0.25, -0.2) is 21.9 Å². The number of aryl methyl sites for hydroxylation is 1. The average Bonchev–Trinajstić information content (AvgIpc) is 2.96. The van der Waals surface area contributed by atoms with Gasteiger partial charge in [-0.3, -0.25) is 0 Å². The summed E-state index contributed by atoms with van der Waals surface area (Å²) in [5.41, 5.74) is 3.19. The summed E-state index contributed by atoms with van der Waals surface area (Å²) < 4.78 is 53.9. The zero-order valence-electron chi connectivity index (χ0n) is 12.9. The maximum atomic E-state index is 13.8. The first kappa shape index (κ1) is 18.8. The Bertz CT molecular complexity index is 873. The molecule has 0 fully saturated rings. The first-order valence-corrected chi connectivity index (χ1v) is 8.62. The number of fused-ring (bicyclic) bond motifs is 1. The van der Waals surface area contributed by atoms with Gasteiger partial charge < -0.3 is 5.32 Å². The van der Waals surface area contributed by atoms with Crippen LogP contribution in [0.3, 0.4) is 0 Å². The molecule has 2 N–H and O–H groups in total. The van der Waals surface area contributed by atoms with Crippen LogP contribution < -0.4 is 10.0 Å². The quantitative estimate of drug-likeness (QED) is 0.865. The van der Waals surface area contributed by atoms with Gasteiger partial charge in [0.2, 0.25) is 10.0 Å². The fraction of sp³-hybridized carbons (Fsp3) is 0.250. The number of hydrogen-bond donors (Lipinski definition) is 2. The van der Waals surface area contributed by atoms with Gasteiger partial charge in [0.25, 0.3) is 0 Å². The minimum absolute atomic E-state index is 0. The van der Waals surface area contributed by atoms with Crippen LogP contribution in [0.1, 0.15) is 22.3 Å². The lowest BCUT2D eigenvalue weighted by molar-refractivity contribution is 0.540. The molecule has 0 atom stereocenters. The summed E-state index contributed by atoms with van der Waals surface area (Å²) in [6.45, 7) is 3.00. The van der Waals surface area contributed by atoms with Crippen molar-refractivity contribution in [3.63, 3.8) is 0 Å². The first-order valence-electron chi connectivity index (χ1n) is 7.13. The topological polar surface area (TPSA) is 58.2 Å². The smallest absolute Gasteiger partial charge is 0.243 e. The van der Waals surface area contributed by atoms with Crippen LogP contribution in [0, 0.1) is 18.6 Å². The molecule has 0 radical (unpaired) electrons. The molecule has 1 aliphatic heterocycles. The summed E-state index contributed by atoms with van der Waals surface area (Å²) in [5.74, 6) is -1.87. The van der Waals surface area contributed by atoms with E-state index in [9.17, 15) is 17.2 Å². The molecule has 8 heteroatoms. The molecule has 0 aliphatic carbocycles. The maximum absolute atomic E-state index is 13.8. The Balaban J connectivity index is 0.00000208. The number of halogens is 3. The van der Waals surface area contributed by atoms with Crippen LogP contribution in [0.5, 0.6) is 0 Å². The number of hydrogen-bond acceptors (Lipinski definition) is 3. The molecule has 2 aromatic carbocycles. The van der Waals surface area contributed by atoms with Gasteiger partial charge in [-0.2, -0.15) is 0 Å². The summed E-state index contributed by atoms with van der Waals surface area (Å²) in [6, 6.07) is 7.29. The van der Waals surface area contributed by atoms with E-state index in [4.69, 9.17) is 0 Å². The lowest BCUT2D eigenvalue weighted by Crippen LogP contribution is -2.24. The molecule has 1 heterocycles. The molecular formula is C16H17ClF2N2O2S. The van der Waals surface area contributed by atoms with Crippen molar-refractivity contribution < 1.29 is 17.2 Å². The predicted octanol–water partition coefficient (Wildman–Crippen LogP) is 2.78. The van der Waals surface area contributed by atoms with Crippen LogP contribution in [0.2, 0.25) is 0 Å². The van der Waals surface area contributed by atoms with E-state index in [1.165, 1.54) is 12.5 Å². The van der Waals surface area contributed by atoms with E-state index < -0.39 is 26.6 Å². The van der Waals surface area contributed by atoms with E-state index in [0.29, 0.717) is 6.07 Å². The lowest BCUT2D eigenvalue weighted by atomic mass is 10.1. The molecule has 3 rings (SSSR count). The summed E-state index contributed by atoms with van der Waals surface area (Å²) in [4.78, 5) is -0.542. The molecule has 0 saturated heterocycles. The van der Waals surface area contributed by atoms with E-state index in [1.54, 1.807) is 0 Å². The van der Waals surface area contributed by atoms with E-state index >= 15 is 0 Å². The Morgan fingerprint density at radius 3 is 2.54 bits per heavy atom. The summed E-state index contributed by atoms with van der Waals surface area (Å²) in [7, 11) is -4.05. The van der Waals surface area contributed by atoms with Crippen LogP contribution in [-0.4, -0.2) is 8.42 Å². The summed E-state index contributed by atoms with van der Waals surface area (Å²) in [6.07, 6.45) is 0. The van der Waals surface area contributed by atoms with E-state index in [-0.39, 0.29) is 24.5 Å². The largest absolute Gasteiger partial charge is 0.309 e. The third kappa shape index (κ3) is 3.75. The Hall–Kier alpha value is -1.54. The van der Waals surface area contributed by atoms with Crippen LogP contribution in [0.15, 0.2) is 35.2 Å². The van der Waals surface area contributed by atoms with Crippen molar-refractivity contribution in [3.05, 3.63) is 64.2 Å². The van der Waals surface area contributed by atoms with Gasteiger partial charge in [0, 0.05) is 25.7 Å². The minimum atomic E-state index is -4.05. The van der Waals surface area contributed by atoms with Gasteiger partial charge in [0.1, 0.15) is 16.5 Å². The third-order valence-electron chi connectivity index (χ3n) is 3.87. The second-order valence-corrected chi connectivity index (χ2v) is 7.30. The van der Waals surface area contributed by atoms with Crippen LogP contribution in [0.4, 0.5) is 8.78 Å². The second-order valence-electron chi connectivity index (χ2n) is 5.56. The molecule has 0 aromatic heterocycles. The molecule has 2 aromatic rings. The van der Waals surface area contributed by atoms with Crippen LogP contribution in [-0.2, 0) is 29.7 Å². The zero-order valence-corrected chi connectivity index (χ0v) is 14.5. The minimum Gasteiger partial charge on any atom is -0.309 e. The first-order chi connectivity index (χ1) is 10.9. The molecule has 0 unspecified atom stereocenters. The van der Waals surface area contributed by atoms with Gasteiger partial charge in [-0.1, -0.05) is 18.2 Å². The fourth-order valence-electron chi connectivity index (χ4n) is 2.55. The van der Waals surface area contributed by atoms with Gasteiger partial charge in [-0.05, 0) is 35.2 Å².